The van der Waals surface area contributed by atoms with Crippen molar-refractivity contribution in [2.24, 2.45) is 0 Å². The number of nitrogens with zero attached hydrogens (tertiary/aromatic N) is 3. The first-order valence-electron chi connectivity index (χ1n) is 13.1. The summed E-state index contributed by atoms with van der Waals surface area (Å²) in [5, 5.41) is 1.93. The van der Waals surface area contributed by atoms with Gasteiger partial charge in [0, 0.05) is 43.9 Å². The molecule has 0 aromatic heterocycles. The van der Waals surface area contributed by atoms with E-state index in [4.69, 9.17) is 11.0 Å². The van der Waals surface area contributed by atoms with Gasteiger partial charge in [-0.15, -0.1) is 0 Å². The van der Waals surface area contributed by atoms with Gasteiger partial charge in [0.1, 0.15) is 17.5 Å². The number of hydrogen-bond acceptors (Lipinski definition) is 6. The van der Waals surface area contributed by atoms with Gasteiger partial charge in [-0.3, -0.25) is 34.3 Å². The molecule has 1 N–H and O–H groups in total. The van der Waals surface area contributed by atoms with E-state index in [2.05, 4.69) is 0 Å². The van der Waals surface area contributed by atoms with Gasteiger partial charge < -0.3 is 4.90 Å². The van der Waals surface area contributed by atoms with E-state index in [1.54, 1.807) is 0 Å². The highest BCUT2D eigenvalue weighted by Crippen LogP contribution is 2.36. The zero-order chi connectivity index (χ0) is 28.9. The Morgan fingerprint density at radius 3 is 2.37 bits per heavy atom. The highest BCUT2D eigenvalue weighted by molar-refractivity contribution is 6.24. The summed E-state index contributed by atoms with van der Waals surface area (Å²) in [7, 11) is 0. The number of benzene rings is 1. The molecule has 3 aliphatic heterocycles. The fourth-order valence-corrected chi connectivity index (χ4v) is 3.38. The average Bonchev–Trinajstić information content (AvgIpc) is 2.99. The van der Waals surface area contributed by atoms with Crippen LogP contribution in [0.1, 0.15) is 58.4 Å². The Morgan fingerprint density at radius 1 is 1.10 bits per heavy atom. The van der Waals surface area contributed by atoms with Crippen molar-refractivity contribution in [3.8, 4) is 0 Å². The first kappa shape index (κ1) is 12.7. The Bertz CT molecular complexity index is 1260. The van der Waals surface area contributed by atoms with E-state index in [1.165, 1.54) is 13.8 Å². The molecule has 0 aliphatic carbocycles. The molecule has 2 saturated heterocycles. The average molecular weight is 428 g/mol. The van der Waals surface area contributed by atoms with Crippen LogP contribution in [-0.4, -0.2) is 71.5 Å². The molecule has 1 aromatic rings. The van der Waals surface area contributed by atoms with Crippen molar-refractivity contribution < 1.29 is 38.9 Å². The third-order valence-electron chi connectivity index (χ3n) is 4.90. The molecule has 0 bridgehead atoms. The summed E-state index contributed by atoms with van der Waals surface area (Å²) in [5.41, 5.74) is -3.59. The van der Waals surface area contributed by atoms with Gasteiger partial charge in [0.15, 0.2) is 5.82 Å². The van der Waals surface area contributed by atoms with Gasteiger partial charge in [-0.05, 0) is 26.3 Å². The lowest BCUT2D eigenvalue weighted by Crippen LogP contribution is -2.54. The van der Waals surface area contributed by atoms with Crippen LogP contribution in [0, 0.1) is 11.6 Å². The van der Waals surface area contributed by atoms with E-state index in [9.17, 15) is 19.2 Å². The second-order valence-electron chi connectivity index (χ2n) is 7.14. The number of carbonyl (C=O) groups is 4. The lowest BCUT2D eigenvalue weighted by molar-refractivity contribution is -0.136. The second kappa shape index (κ2) is 7.42. The molecular formula is C20H22F2N4O4. The Balaban J connectivity index is 1.92. The van der Waals surface area contributed by atoms with Crippen LogP contribution in [0.5, 0.6) is 0 Å². The van der Waals surface area contributed by atoms with Crippen molar-refractivity contribution in [2.45, 2.75) is 38.8 Å². The molecule has 0 unspecified atom stereocenters. The van der Waals surface area contributed by atoms with Crippen LogP contribution in [0.15, 0.2) is 6.07 Å². The SMILES string of the molecule is [2H]C1([2H])N(c2c(F)cc3c(c2F)C(=O)N([C@@H]2CCC(=O)NC2=O)C3=O)C([2H])([2H])C([2H])([2H])N(C(C)C)C1([2H])[2H]. The molecule has 0 saturated carbocycles. The molecule has 160 valence electrons. The number of amides is 4. The monoisotopic (exact) mass is 428 g/mol. The van der Waals surface area contributed by atoms with Crippen molar-refractivity contribution in [1.29, 1.82) is 0 Å². The van der Waals surface area contributed by atoms with Gasteiger partial charge in [0.25, 0.3) is 11.8 Å². The van der Waals surface area contributed by atoms with Gasteiger partial charge in [-0.25, -0.2) is 8.78 Å². The minimum absolute atomic E-state index is 0.253. The maximum absolute atomic E-state index is 16.0. The van der Waals surface area contributed by atoms with E-state index in [0.717, 1.165) is 0 Å². The van der Waals surface area contributed by atoms with E-state index in [-0.39, 0.29) is 22.6 Å². The fourth-order valence-electron chi connectivity index (χ4n) is 3.38. The highest BCUT2D eigenvalue weighted by atomic mass is 19.1. The summed E-state index contributed by atoms with van der Waals surface area (Å²) in [6.07, 6.45) is -0.549. The summed E-state index contributed by atoms with van der Waals surface area (Å²) < 4.78 is 98.3. The van der Waals surface area contributed by atoms with Crippen LogP contribution < -0.4 is 10.2 Å². The lowest BCUT2D eigenvalue weighted by atomic mass is 10.0. The second-order valence-corrected chi connectivity index (χ2v) is 7.14. The molecule has 0 radical (unpaired) electrons. The van der Waals surface area contributed by atoms with Gasteiger partial charge in [0.05, 0.1) is 16.6 Å². The van der Waals surface area contributed by atoms with Crippen molar-refractivity contribution >= 4 is 29.3 Å². The number of imide groups is 2. The molecule has 1 atom stereocenters. The predicted molar refractivity (Wildman–Crippen MR) is 102 cm³/mol. The minimum atomic E-state index is -3.63. The van der Waals surface area contributed by atoms with Crippen molar-refractivity contribution in [3.05, 3.63) is 28.8 Å². The zero-order valence-electron chi connectivity index (χ0n) is 23.9. The first-order chi connectivity index (χ1) is 17.2. The predicted octanol–water partition coefficient (Wildman–Crippen LogP) is 0.896. The smallest absolute Gasteiger partial charge is 0.265 e. The van der Waals surface area contributed by atoms with Crippen LogP contribution in [0.4, 0.5) is 14.5 Å². The molecular weight excluding hydrogens is 398 g/mol. The molecule has 1 aromatic carbocycles. The van der Waals surface area contributed by atoms with Gasteiger partial charge in [-0.2, -0.15) is 0 Å². The summed E-state index contributed by atoms with van der Waals surface area (Å²) in [6.45, 7) is -11.4. The van der Waals surface area contributed by atoms with Gasteiger partial charge in [-0.1, -0.05) is 0 Å². The van der Waals surface area contributed by atoms with E-state index in [1.807, 2.05) is 5.32 Å². The Hall–Kier alpha value is -2.88. The number of hydrogen-bond donors (Lipinski definition) is 1. The van der Waals surface area contributed by atoms with Gasteiger partial charge >= 0.3 is 0 Å². The summed E-state index contributed by atoms with van der Waals surface area (Å²) >= 11 is 0. The maximum Gasteiger partial charge on any atom is 0.265 e. The molecule has 0 spiro atoms. The zero-order valence-corrected chi connectivity index (χ0v) is 15.9. The van der Waals surface area contributed by atoms with Crippen molar-refractivity contribution in [2.75, 3.05) is 30.9 Å². The maximum atomic E-state index is 16.0. The molecule has 4 rings (SSSR count). The normalized spacial score (nSPS) is 33.4. The van der Waals surface area contributed by atoms with Gasteiger partial charge in [0.2, 0.25) is 11.8 Å². The van der Waals surface area contributed by atoms with E-state index >= 15 is 8.78 Å². The Labute approximate surface area is 183 Å². The van der Waals surface area contributed by atoms with Crippen LogP contribution in [-0.2, 0) is 9.59 Å². The molecule has 8 nitrogen and oxygen atoms in total. The lowest BCUT2D eigenvalue weighted by Gasteiger charge is -2.38. The van der Waals surface area contributed by atoms with E-state index in [0.29, 0.717) is 11.0 Å². The Kier molecular flexibility index (Phi) is 3.15. The third kappa shape index (κ3) is 3.15. The number of nitrogens with one attached hydrogen (secondary N) is 1. The molecule has 2 fully saturated rings. The highest BCUT2D eigenvalue weighted by Gasteiger charge is 2.47. The third-order valence-corrected chi connectivity index (χ3v) is 4.90. The van der Waals surface area contributed by atoms with Crippen LogP contribution in [0.2, 0.25) is 0 Å². The number of rotatable bonds is 3. The molecule has 10 heteroatoms. The molecule has 30 heavy (non-hydrogen) atoms. The number of halogens is 2. The molecule has 3 heterocycles. The molecule has 3 aliphatic rings. The summed E-state index contributed by atoms with van der Waals surface area (Å²) in [4.78, 5) is 50.0. The fraction of sp³-hybridized carbons (Fsp3) is 0.500. The standard InChI is InChI=1S/C20H22F2N4O4/c1-10(2)24-5-7-25(8-6-24)17-12(21)9-11-15(16(17)22)20(30)26(19(11)29)13-3-4-14(27)23-18(13)28/h9-10,13H,3-8H2,1-2H3,(H,23,27,28)/t13-/m1/s1/i5D2,6D2,7D2,8D2. The van der Waals surface area contributed by atoms with Crippen molar-refractivity contribution in [1.82, 2.24) is 15.1 Å². The van der Waals surface area contributed by atoms with Crippen LogP contribution in [0.3, 0.4) is 0 Å². The summed E-state index contributed by atoms with van der Waals surface area (Å²) in [6, 6.07) is -2.32. The largest absolute Gasteiger partial charge is 0.364 e. The van der Waals surface area contributed by atoms with Crippen LogP contribution in [0.25, 0.3) is 0 Å². The van der Waals surface area contributed by atoms with Crippen LogP contribution >= 0.6 is 0 Å². The molecule has 4 amide bonds. The summed E-state index contributed by atoms with van der Waals surface area (Å²) in [5.74, 6) is -8.14. The number of piperazine rings is 1. The van der Waals surface area contributed by atoms with E-state index < -0.39 is 90.1 Å². The minimum Gasteiger partial charge on any atom is -0.364 e. The first-order valence-corrected chi connectivity index (χ1v) is 9.06. The number of fused-ring (bicyclic) bond motifs is 1. The number of carbonyl (C=O) groups excluding carboxylic acids is 4. The van der Waals surface area contributed by atoms with Crippen molar-refractivity contribution in [3.63, 3.8) is 0 Å². The number of anilines is 1. The Morgan fingerprint density at radius 2 is 1.77 bits per heavy atom. The topological polar surface area (TPSA) is 90.0 Å². The quantitative estimate of drug-likeness (QED) is 0.720. The number of piperidine rings is 1.